The molecule has 0 bridgehead atoms. The Hall–Kier alpha value is 0. The SMILES string of the molecule is C1CCC(C2CCC(C3CCC(C4CCC(C5CCCC(C6CCCC6)CCC5)C4)C3)C2)CC1. The van der Waals surface area contributed by atoms with Crippen LogP contribution in [0.15, 0.2) is 0 Å². The van der Waals surface area contributed by atoms with E-state index < -0.39 is 0 Å². The lowest BCUT2D eigenvalue weighted by Gasteiger charge is -2.31. The van der Waals surface area contributed by atoms with Crippen molar-refractivity contribution in [1.82, 2.24) is 0 Å². The number of hydrogen-bond donors (Lipinski definition) is 0. The molecule has 6 rings (SSSR count). The van der Waals surface area contributed by atoms with Crippen LogP contribution in [0.4, 0.5) is 0 Å². The average molecular weight is 467 g/mol. The van der Waals surface area contributed by atoms with Crippen LogP contribution in [-0.4, -0.2) is 0 Å². The van der Waals surface area contributed by atoms with Gasteiger partial charge in [-0.05, 0) is 117 Å². The van der Waals surface area contributed by atoms with E-state index in [9.17, 15) is 0 Å². The van der Waals surface area contributed by atoms with Gasteiger partial charge in [-0.15, -0.1) is 0 Å². The van der Waals surface area contributed by atoms with Crippen LogP contribution >= 0.6 is 0 Å². The quantitative estimate of drug-likeness (QED) is 0.378. The van der Waals surface area contributed by atoms with E-state index in [2.05, 4.69) is 0 Å². The summed E-state index contributed by atoms with van der Waals surface area (Å²) in [6, 6.07) is 0. The summed E-state index contributed by atoms with van der Waals surface area (Å²) in [5.41, 5.74) is 0. The van der Waals surface area contributed by atoms with Gasteiger partial charge in [0, 0.05) is 0 Å². The summed E-state index contributed by atoms with van der Waals surface area (Å²) in [4.78, 5) is 0. The van der Waals surface area contributed by atoms with Gasteiger partial charge in [0.25, 0.3) is 0 Å². The minimum Gasteiger partial charge on any atom is -0.0533 e. The molecule has 0 heteroatoms. The molecule has 6 aliphatic rings. The molecule has 6 saturated carbocycles. The van der Waals surface area contributed by atoms with E-state index in [1.807, 2.05) is 0 Å². The molecule has 0 aromatic rings. The van der Waals surface area contributed by atoms with E-state index in [4.69, 9.17) is 0 Å². The first-order chi connectivity index (χ1) is 16.8. The van der Waals surface area contributed by atoms with Gasteiger partial charge >= 0.3 is 0 Å². The Kier molecular flexibility index (Phi) is 8.30. The third kappa shape index (κ3) is 5.62. The van der Waals surface area contributed by atoms with Gasteiger partial charge in [-0.3, -0.25) is 0 Å². The summed E-state index contributed by atoms with van der Waals surface area (Å²) in [6.07, 6.45) is 38.1. The van der Waals surface area contributed by atoms with Gasteiger partial charge in [-0.25, -0.2) is 0 Å². The van der Waals surface area contributed by atoms with Crippen LogP contribution in [0.25, 0.3) is 0 Å². The van der Waals surface area contributed by atoms with Crippen molar-refractivity contribution >= 4 is 0 Å². The predicted molar refractivity (Wildman–Crippen MR) is 146 cm³/mol. The maximum Gasteiger partial charge on any atom is -0.0383 e. The van der Waals surface area contributed by atoms with Gasteiger partial charge in [-0.2, -0.15) is 0 Å². The molecule has 6 aliphatic carbocycles. The minimum absolute atomic E-state index is 1.11. The Morgan fingerprint density at radius 2 is 0.412 bits per heavy atom. The number of rotatable bonds is 5. The Morgan fingerprint density at radius 3 is 0.765 bits per heavy atom. The van der Waals surface area contributed by atoms with Crippen LogP contribution in [-0.2, 0) is 0 Å². The highest BCUT2D eigenvalue weighted by Crippen LogP contribution is 2.53. The van der Waals surface area contributed by atoms with Crippen molar-refractivity contribution < 1.29 is 0 Å². The lowest BCUT2D eigenvalue weighted by atomic mass is 9.75. The van der Waals surface area contributed by atoms with Gasteiger partial charge in [0.15, 0.2) is 0 Å². The highest BCUT2D eigenvalue weighted by Gasteiger charge is 2.42. The second-order valence-corrected chi connectivity index (χ2v) is 14.8. The van der Waals surface area contributed by atoms with Crippen LogP contribution in [0.1, 0.15) is 154 Å². The van der Waals surface area contributed by atoms with Crippen LogP contribution in [0.2, 0.25) is 0 Å². The molecule has 0 amide bonds. The van der Waals surface area contributed by atoms with Gasteiger partial charge in [0.1, 0.15) is 0 Å². The molecule has 0 nitrogen and oxygen atoms in total. The fourth-order valence-corrected chi connectivity index (χ4v) is 11.3. The molecule has 0 spiro atoms. The van der Waals surface area contributed by atoms with Crippen molar-refractivity contribution in [2.24, 2.45) is 59.2 Å². The minimum atomic E-state index is 1.11. The van der Waals surface area contributed by atoms with Gasteiger partial charge < -0.3 is 0 Å². The second-order valence-electron chi connectivity index (χ2n) is 14.8. The van der Waals surface area contributed by atoms with E-state index >= 15 is 0 Å². The Bertz CT molecular complexity index is 600. The summed E-state index contributed by atoms with van der Waals surface area (Å²) in [5.74, 6) is 11.2. The fraction of sp³-hybridized carbons (Fsp3) is 1.00. The predicted octanol–water partition coefficient (Wildman–Crippen LogP) is 10.6. The molecular weight excluding hydrogens is 408 g/mol. The highest BCUT2D eigenvalue weighted by molar-refractivity contribution is 4.93. The van der Waals surface area contributed by atoms with E-state index in [1.165, 1.54) is 19.3 Å². The third-order valence-electron chi connectivity index (χ3n) is 13.2. The van der Waals surface area contributed by atoms with Crippen molar-refractivity contribution in [3.05, 3.63) is 0 Å². The van der Waals surface area contributed by atoms with Crippen molar-refractivity contribution in [3.8, 4) is 0 Å². The monoisotopic (exact) mass is 466 g/mol. The van der Waals surface area contributed by atoms with Gasteiger partial charge in [0.2, 0.25) is 0 Å². The molecule has 0 aromatic carbocycles. The molecule has 0 aliphatic heterocycles. The summed E-state index contributed by atoms with van der Waals surface area (Å²) in [7, 11) is 0. The zero-order chi connectivity index (χ0) is 22.7. The topological polar surface area (TPSA) is 0 Å². The summed E-state index contributed by atoms with van der Waals surface area (Å²) >= 11 is 0. The molecule has 6 atom stereocenters. The molecule has 6 fully saturated rings. The molecule has 34 heavy (non-hydrogen) atoms. The maximum absolute atomic E-state index is 1.65. The third-order valence-corrected chi connectivity index (χ3v) is 13.2. The summed E-state index contributed by atoms with van der Waals surface area (Å²) < 4.78 is 0. The molecule has 0 aromatic heterocycles. The van der Waals surface area contributed by atoms with Crippen LogP contribution < -0.4 is 0 Å². The van der Waals surface area contributed by atoms with Gasteiger partial charge in [-0.1, -0.05) is 96.3 Å². The average Bonchev–Trinajstić information content (AvgIpc) is 3.66. The number of hydrogen-bond acceptors (Lipinski definition) is 0. The lowest BCUT2D eigenvalue weighted by Crippen LogP contribution is -2.20. The van der Waals surface area contributed by atoms with E-state index in [0.29, 0.717) is 0 Å². The normalized spacial score (nSPS) is 45.5. The largest absolute Gasteiger partial charge is 0.0533 e. The summed E-state index contributed by atoms with van der Waals surface area (Å²) in [5, 5.41) is 0. The molecule has 0 N–H and O–H groups in total. The van der Waals surface area contributed by atoms with Gasteiger partial charge in [0.05, 0.1) is 0 Å². The standard InChI is InChI=1S/C34H58/c1-2-8-27(9-3-1)29-16-18-31(22-29)33-20-21-34(24-33)32-19-17-30(23-32)28-14-6-12-26(13-7-15-28)25-10-4-5-11-25/h25-34H,1-24H2. The molecule has 6 unspecified atom stereocenters. The maximum atomic E-state index is 1.65. The highest BCUT2D eigenvalue weighted by atomic mass is 14.5. The van der Waals surface area contributed by atoms with E-state index in [0.717, 1.165) is 59.2 Å². The second kappa shape index (κ2) is 11.6. The zero-order valence-corrected chi connectivity index (χ0v) is 22.7. The first kappa shape index (κ1) is 24.3. The molecule has 0 radical (unpaired) electrons. The first-order valence-electron chi connectivity index (χ1n) is 16.8. The Labute approximate surface area is 213 Å². The molecule has 0 heterocycles. The van der Waals surface area contributed by atoms with E-state index in [1.54, 1.807) is 135 Å². The molecule has 194 valence electrons. The lowest BCUT2D eigenvalue weighted by molar-refractivity contribution is 0.202. The Morgan fingerprint density at radius 1 is 0.176 bits per heavy atom. The smallest absolute Gasteiger partial charge is 0.0383 e. The molecule has 0 saturated heterocycles. The van der Waals surface area contributed by atoms with Crippen molar-refractivity contribution in [2.75, 3.05) is 0 Å². The fourth-order valence-electron chi connectivity index (χ4n) is 11.3. The molecular formula is C34H58. The first-order valence-corrected chi connectivity index (χ1v) is 16.8. The van der Waals surface area contributed by atoms with Crippen molar-refractivity contribution in [2.45, 2.75) is 154 Å². The van der Waals surface area contributed by atoms with E-state index in [-0.39, 0.29) is 0 Å². The van der Waals surface area contributed by atoms with Crippen molar-refractivity contribution in [1.29, 1.82) is 0 Å². The zero-order valence-electron chi connectivity index (χ0n) is 22.7. The summed E-state index contributed by atoms with van der Waals surface area (Å²) in [6.45, 7) is 0. The van der Waals surface area contributed by atoms with Crippen molar-refractivity contribution in [3.63, 3.8) is 0 Å². The Balaban J connectivity index is 0.939. The van der Waals surface area contributed by atoms with Crippen LogP contribution in [0.3, 0.4) is 0 Å². The van der Waals surface area contributed by atoms with Crippen LogP contribution in [0.5, 0.6) is 0 Å². The van der Waals surface area contributed by atoms with Crippen LogP contribution in [0, 0.1) is 59.2 Å².